The molecule has 0 unspecified atom stereocenters. The number of rotatable bonds is 6. The molecule has 6 heteroatoms. The third-order valence-corrected chi connectivity index (χ3v) is 6.82. The van der Waals surface area contributed by atoms with Crippen molar-refractivity contribution >= 4 is 21.4 Å². The number of carbonyl (C=O) groups excluding carboxylic acids is 1. The SMILES string of the molecule is Cc1ccc(N(CCC#N)C(=O)CS(=O)(=O)C2CCCC2)cc1C. The molecule has 0 N–H and O–H groups in total. The van der Waals surface area contributed by atoms with Gasteiger partial charge in [-0.05, 0) is 49.9 Å². The lowest BCUT2D eigenvalue weighted by molar-refractivity contribution is -0.116. The molecular formula is C18H24N2O3S. The summed E-state index contributed by atoms with van der Waals surface area (Å²) in [5.74, 6) is -0.920. The summed E-state index contributed by atoms with van der Waals surface area (Å²) in [5.41, 5.74) is 2.78. The van der Waals surface area contributed by atoms with Crippen molar-refractivity contribution in [2.45, 2.75) is 51.2 Å². The van der Waals surface area contributed by atoms with Crippen LogP contribution in [0.25, 0.3) is 0 Å². The van der Waals surface area contributed by atoms with E-state index in [0.717, 1.165) is 24.0 Å². The molecule has 0 saturated heterocycles. The topological polar surface area (TPSA) is 78.2 Å². The molecule has 0 bridgehead atoms. The van der Waals surface area contributed by atoms with E-state index in [1.807, 2.05) is 32.0 Å². The van der Waals surface area contributed by atoms with Crippen molar-refractivity contribution in [1.29, 1.82) is 5.26 Å². The molecule has 0 radical (unpaired) electrons. The maximum Gasteiger partial charge on any atom is 0.242 e. The molecule has 2 rings (SSSR count). The van der Waals surface area contributed by atoms with E-state index in [-0.39, 0.29) is 18.2 Å². The highest BCUT2D eigenvalue weighted by molar-refractivity contribution is 7.92. The van der Waals surface area contributed by atoms with Crippen molar-refractivity contribution in [3.8, 4) is 6.07 Å². The van der Waals surface area contributed by atoms with Gasteiger partial charge in [-0.2, -0.15) is 5.26 Å². The Kier molecular flexibility index (Phi) is 6.00. The van der Waals surface area contributed by atoms with E-state index < -0.39 is 21.5 Å². The van der Waals surface area contributed by atoms with Crippen LogP contribution in [0.15, 0.2) is 18.2 Å². The standard InChI is InChI=1S/C18H24N2O3S/c1-14-8-9-16(12-15(14)2)20(11-5-10-19)18(21)13-24(22,23)17-6-3-4-7-17/h8-9,12,17H,3-7,11,13H2,1-2H3. The summed E-state index contributed by atoms with van der Waals surface area (Å²) in [4.78, 5) is 14.1. The van der Waals surface area contributed by atoms with E-state index in [4.69, 9.17) is 5.26 Å². The highest BCUT2D eigenvalue weighted by atomic mass is 32.2. The summed E-state index contributed by atoms with van der Waals surface area (Å²) in [6.45, 7) is 4.13. The van der Waals surface area contributed by atoms with E-state index >= 15 is 0 Å². The number of sulfone groups is 1. The van der Waals surface area contributed by atoms with Gasteiger partial charge in [-0.15, -0.1) is 0 Å². The Morgan fingerprint density at radius 1 is 1.25 bits per heavy atom. The summed E-state index contributed by atoms with van der Waals surface area (Å²) >= 11 is 0. The lowest BCUT2D eigenvalue weighted by atomic mass is 10.1. The molecule has 0 spiro atoms. The number of benzene rings is 1. The quantitative estimate of drug-likeness (QED) is 0.792. The van der Waals surface area contributed by atoms with Gasteiger partial charge < -0.3 is 4.90 Å². The Hall–Kier alpha value is -1.87. The Morgan fingerprint density at radius 2 is 1.92 bits per heavy atom. The Bertz CT molecular complexity index is 744. The fourth-order valence-corrected chi connectivity index (χ4v) is 4.86. The van der Waals surface area contributed by atoms with E-state index in [0.29, 0.717) is 18.5 Å². The zero-order valence-corrected chi connectivity index (χ0v) is 15.1. The first-order valence-corrected chi connectivity index (χ1v) is 10.0. The normalized spacial score (nSPS) is 15.2. The summed E-state index contributed by atoms with van der Waals surface area (Å²) in [6.07, 6.45) is 3.29. The summed E-state index contributed by atoms with van der Waals surface area (Å²) < 4.78 is 24.9. The second-order valence-electron chi connectivity index (χ2n) is 6.44. The number of hydrogen-bond acceptors (Lipinski definition) is 4. The number of nitriles is 1. The number of amides is 1. The smallest absolute Gasteiger partial charge is 0.242 e. The third kappa shape index (κ3) is 4.35. The van der Waals surface area contributed by atoms with Crippen molar-refractivity contribution < 1.29 is 13.2 Å². The minimum Gasteiger partial charge on any atom is -0.311 e. The zero-order chi connectivity index (χ0) is 17.7. The highest BCUT2D eigenvalue weighted by Gasteiger charge is 2.32. The predicted molar refractivity (Wildman–Crippen MR) is 94.5 cm³/mol. The first kappa shape index (κ1) is 18.5. The molecular weight excluding hydrogens is 324 g/mol. The average molecular weight is 348 g/mol. The van der Waals surface area contributed by atoms with Crippen LogP contribution in [0.2, 0.25) is 0 Å². The molecule has 1 aliphatic carbocycles. The van der Waals surface area contributed by atoms with E-state index in [2.05, 4.69) is 0 Å². The van der Waals surface area contributed by atoms with Gasteiger partial charge in [-0.25, -0.2) is 8.42 Å². The van der Waals surface area contributed by atoms with Gasteiger partial charge in [0.05, 0.1) is 17.7 Å². The summed E-state index contributed by atoms with van der Waals surface area (Å²) in [6, 6.07) is 7.60. The van der Waals surface area contributed by atoms with Crippen molar-refractivity contribution in [1.82, 2.24) is 0 Å². The molecule has 24 heavy (non-hydrogen) atoms. The van der Waals surface area contributed by atoms with Gasteiger partial charge in [-0.1, -0.05) is 18.9 Å². The Labute approximate surface area is 144 Å². The van der Waals surface area contributed by atoms with Gasteiger partial charge in [0.15, 0.2) is 9.84 Å². The van der Waals surface area contributed by atoms with Crippen LogP contribution in [0.1, 0.15) is 43.2 Å². The van der Waals surface area contributed by atoms with Crippen molar-refractivity contribution in [3.05, 3.63) is 29.3 Å². The molecule has 1 aliphatic rings. The number of anilines is 1. The number of carbonyl (C=O) groups is 1. The minimum absolute atomic E-state index is 0.169. The van der Waals surface area contributed by atoms with Gasteiger partial charge in [0.1, 0.15) is 5.75 Å². The maximum atomic E-state index is 12.7. The van der Waals surface area contributed by atoms with Crippen LogP contribution in [0.3, 0.4) is 0 Å². The average Bonchev–Trinajstić information content (AvgIpc) is 3.06. The summed E-state index contributed by atoms with van der Waals surface area (Å²) in [7, 11) is -3.43. The predicted octanol–water partition coefficient (Wildman–Crippen LogP) is 2.91. The second kappa shape index (κ2) is 7.80. The molecule has 0 atom stereocenters. The summed E-state index contributed by atoms with van der Waals surface area (Å²) in [5, 5.41) is 8.45. The molecule has 1 fully saturated rings. The van der Waals surface area contributed by atoms with Gasteiger partial charge in [-0.3, -0.25) is 4.79 Å². The van der Waals surface area contributed by atoms with Crippen molar-refractivity contribution in [2.24, 2.45) is 0 Å². The van der Waals surface area contributed by atoms with Crippen molar-refractivity contribution in [2.75, 3.05) is 17.2 Å². The molecule has 1 aromatic carbocycles. The first-order valence-electron chi connectivity index (χ1n) is 8.31. The van der Waals surface area contributed by atoms with Crippen molar-refractivity contribution in [3.63, 3.8) is 0 Å². The molecule has 1 aromatic rings. The van der Waals surface area contributed by atoms with Crippen LogP contribution >= 0.6 is 0 Å². The van der Waals surface area contributed by atoms with Gasteiger partial charge >= 0.3 is 0 Å². The minimum atomic E-state index is -3.43. The van der Waals surface area contributed by atoms with Crippen LogP contribution in [0.5, 0.6) is 0 Å². The Balaban J connectivity index is 2.21. The van der Waals surface area contributed by atoms with E-state index in [9.17, 15) is 13.2 Å². The molecule has 0 aliphatic heterocycles. The largest absolute Gasteiger partial charge is 0.311 e. The zero-order valence-electron chi connectivity index (χ0n) is 14.3. The van der Waals surface area contributed by atoms with Crippen LogP contribution in [0, 0.1) is 25.2 Å². The van der Waals surface area contributed by atoms with Crippen LogP contribution < -0.4 is 4.90 Å². The molecule has 0 heterocycles. The Morgan fingerprint density at radius 3 is 2.50 bits per heavy atom. The third-order valence-electron chi connectivity index (χ3n) is 4.69. The fourth-order valence-electron chi connectivity index (χ4n) is 3.07. The van der Waals surface area contributed by atoms with E-state index in [1.165, 1.54) is 4.90 Å². The molecule has 130 valence electrons. The molecule has 0 aromatic heterocycles. The second-order valence-corrected chi connectivity index (χ2v) is 8.72. The first-order chi connectivity index (χ1) is 11.3. The van der Waals surface area contributed by atoms with Crippen LogP contribution in [0.4, 0.5) is 5.69 Å². The lowest BCUT2D eigenvalue weighted by Crippen LogP contribution is -2.38. The van der Waals surface area contributed by atoms with Gasteiger partial charge in [0, 0.05) is 12.2 Å². The van der Waals surface area contributed by atoms with Crippen LogP contribution in [-0.2, 0) is 14.6 Å². The molecule has 1 amide bonds. The molecule has 1 saturated carbocycles. The highest BCUT2D eigenvalue weighted by Crippen LogP contribution is 2.26. The monoisotopic (exact) mass is 348 g/mol. The fraction of sp³-hybridized carbons (Fsp3) is 0.556. The molecule has 5 nitrogen and oxygen atoms in total. The van der Waals surface area contributed by atoms with Gasteiger partial charge in [0.2, 0.25) is 5.91 Å². The van der Waals surface area contributed by atoms with Gasteiger partial charge in [0.25, 0.3) is 0 Å². The number of aryl methyl sites for hydroxylation is 2. The maximum absolute atomic E-state index is 12.7. The van der Waals surface area contributed by atoms with Crippen LogP contribution in [-0.4, -0.2) is 31.9 Å². The lowest BCUT2D eigenvalue weighted by Gasteiger charge is -2.23. The number of nitrogens with zero attached hydrogens (tertiary/aromatic N) is 2. The van der Waals surface area contributed by atoms with E-state index in [1.54, 1.807) is 6.07 Å². The number of hydrogen-bond donors (Lipinski definition) is 0.